The Balaban J connectivity index is 1.25. The van der Waals surface area contributed by atoms with Gasteiger partial charge in [-0.3, -0.25) is 24.6 Å². The lowest BCUT2D eigenvalue weighted by Gasteiger charge is -2.49. The molecule has 0 radical (unpaired) electrons. The van der Waals surface area contributed by atoms with Crippen LogP contribution in [0.15, 0.2) is 24.3 Å². The SMILES string of the molecule is O=C1CCC(N2OC3(CN(CC4CCN(C(=O)O)CC4)C3)c3ccccc32)C(=O)N1. The maximum atomic E-state index is 12.4. The van der Waals surface area contributed by atoms with Crippen LogP contribution in [0.4, 0.5) is 10.5 Å². The molecule has 0 saturated carbocycles. The number of hydrogen-bond acceptors (Lipinski definition) is 6. The number of nitrogens with one attached hydrogen (secondary N) is 1. The average molecular weight is 414 g/mol. The quantitative estimate of drug-likeness (QED) is 0.715. The molecule has 9 nitrogen and oxygen atoms in total. The first-order valence-electron chi connectivity index (χ1n) is 10.6. The number of carbonyl (C=O) groups excluding carboxylic acids is 2. The molecule has 1 atom stereocenters. The molecule has 3 saturated heterocycles. The predicted octanol–water partition coefficient (Wildman–Crippen LogP) is 1.14. The number of anilines is 1. The van der Waals surface area contributed by atoms with Gasteiger partial charge in [-0.1, -0.05) is 18.2 Å². The molecule has 9 heteroatoms. The summed E-state index contributed by atoms with van der Waals surface area (Å²) in [5.74, 6) is -0.0532. The van der Waals surface area contributed by atoms with E-state index < -0.39 is 17.7 Å². The van der Waals surface area contributed by atoms with Gasteiger partial charge in [0.1, 0.15) is 11.6 Å². The Hall–Kier alpha value is -2.65. The highest BCUT2D eigenvalue weighted by molar-refractivity contribution is 6.01. The number of carboxylic acid groups (broad SMARTS) is 1. The minimum atomic E-state index is -0.833. The van der Waals surface area contributed by atoms with E-state index in [0.717, 1.165) is 43.7 Å². The van der Waals surface area contributed by atoms with Crippen molar-refractivity contribution < 1.29 is 24.3 Å². The second-order valence-corrected chi connectivity index (χ2v) is 8.78. The van der Waals surface area contributed by atoms with Crippen LogP contribution in [0.25, 0.3) is 0 Å². The number of rotatable bonds is 3. The third-order valence-corrected chi connectivity index (χ3v) is 6.76. The lowest BCUT2D eigenvalue weighted by molar-refractivity contribution is -0.160. The topological polar surface area (TPSA) is 102 Å². The first-order valence-corrected chi connectivity index (χ1v) is 10.6. The van der Waals surface area contributed by atoms with E-state index in [1.165, 1.54) is 4.90 Å². The van der Waals surface area contributed by atoms with Gasteiger partial charge in [0, 0.05) is 44.7 Å². The van der Waals surface area contributed by atoms with Gasteiger partial charge in [0.25, 0.3) is 5.91 Å². The third kappa shape index (κ3) is 3.22. The molecule has 1 aromatic carbocycles. The van der Waals surface area contributed by atoms with Crippen molar-refractivity contribution >= 4 is 23.6 Å². The highest BCUT2D eigenvalue weighted by Crippen LogP contribution is 2.49. The number of amides is 3. The summed E-state index contributed by atoms with van der Waals surface area (Å²) < 4.78 is 0. The van der Waals surface area contributed by atoms with Crippen LogP contribution < -0.4 is 10.4 Å². The summed E-state index contributed by atoms with van der Waals surface area (Å²) in [6, 6.07) is 7.45. The first-order chi connectivity index (χ1) is 14.4. The smallest absolute Gasteiger partial charge is 0.407 e. The van der Waals surface area contributed by atoms with E-state index in [4.69, 9.17) is 9.94 Å². The molecule has 4 aliphatic rings. The normalized spacial score (nSPS) is 26.5. The minimum absolute atomic E-state index is 0.234. The van der Waals surface area contributed by atoms with E-state index >= 15 is 0 Å². The summed E-state index contributed by atoms with van der Waals surface area (Å²) >= 11 is 0. The van der Waals surface area contributed by atoms with E-state index in [9.17, 15) is 14.4 Å². The Bertz CT molecular complexity index is 876. The second-order valence-electron chi connectivity index (χ2n) is 8.78. The molecule has 1 unspecified atom stereocenters. The highest BCUT2D eigenvalue weighted by atomic mass is 16.7. The van der Waals surface area contributed by atoms with Gasteiger partial charge >= 0.3 is 6.09 Å². The maximum absolute atomic E-state index is 12.4. The van der Waals surface area contributed by atoms with Crippen molar-refractivity contribution in [3.8, 4) is 0 Å². The monoisotopic (exact) mass is 414 g/mol. The van der Waals surface area contributed by atoms with E-state index in [0.29, 0.717) is 31.8 Å². The summed E-state index contributed by atoms with van der Waals surface area (Å²) in [6.45, 7) is 3.61. The van der Waals surface area contributed by atoms with E-state index in [-0.39, 0.29) is 11.8 Å². The van der Waals surface area contributed by atoms with Crippen molar-refractivity contribution in [3.63, 3.8) is 0 Å². The summed E-state index contributed by atoms with van der Waals surface area (Å²) in [4.78, 5) is 45.3. The Labute approximate surface area is 174 Å². The molecule has 4 aliphatic heterocycles. The Morgan fingerprint density at radius 3 is 2.60 bits per heavy atom. The van der Waals surface area contributed by atoms with Gasteiger partial charge in [0.15, 0.2) is 0 Å². The highest BCUT2D eigenvalue weighted by Gasteiger charge is 2.55. The first kappa shape index (κ1) is 19.3. The van der Waals surface area contributed by atoms with Crippen molar-refractivity contribution in [2.45, 2.75) is 37.3 Å². The number of hydroxylamine groups is 1. The summed E-state index contributed by atoms with van der Waals surface area (Å²) in [6.07, 6.45) is 1.69. The standard InChI is InChI=1S/C21H26N4O5/c26-18-6-5-17(19(27)22-18)25-16-4-2-1-3-15(16)21(30-25)12-23(13-21)11-14-7-9-24(10-8-14)20(28)29/h1-4,14,17H,5-13H2,(H,28,29)(H,22,26,27). The fourth-order valence-electron chi connectivity index (χ4n) is 5.18. The van der Waals surface area contributed by atoms with Gasteiger partial charge in [0.2, 0.25) is 5.91 Å². The van der Waals surface area contributed by atoms with E-state index in [1.54, 1.807) is 5.06 Å². The molecular formula is C21H26N4O5. The van der Waals surface area contributed by atoms with E-state index in [1.807, 2.05) is 18.2 Å². The number of benzene rings is 1. The zero-order chi connectivity index (χ0) is 20.9. The largest absolute Gasteiger partial charge is 0.465 e. The Morgan fingerprint density at radius 1 is 1.17 bits per heavy atom. The lowest BCUT2D eigenvalue weighted by atomic mass is 9.84. The molecule has 0 bridgehead atoms. The van der Waals surface area contributed by atoms with Gasteiger partial charge in [0.05, 0.1) is 5.69 Å². The maximum Gasteiger partial charge on any atom is 0.407 e. The third-order valence-electron chi connectivity index (χ3n) is 6.76. The van der Waals surface area contributed by atoms with Crippen molar-refractivity contribution in [1.82, 2.24) is 15.1 Å². The fourth-order valence-corrected chi connectivity index (χ4v) is 5.18. The van der Waals surface area contributed by atoms with Crippen LogP contribution in [-0.4, -0.2) is 71.6 Å². The molecule has 160 valence electrons. The molecule has 5 rings (SSSR count). The predicted molar refractivity (Wildman–Crippen MR) is 107 cm³/mol. The molecule has 3 fully saturated rings. The van der Waals surface area contributed by atoms with Crippen LogP contribution in [0.2, 0.25) is 0 Å². The van der Waals surface area contributed by atoms with Gasteiger partial charge < -0.3 is 10.0 Å². The minimum Gasteiger partial charge on any atom is -0.465 e. The Kier molecular flexibility index (Phi) is 4.67. The molecule has 1 spiro atoms. The number of fused-ring (bicyclic) bond motifs is 2. The molecule has 0 aromatic heterocycles. The van der Waals surface area contributed by atoms with Gasteiger partial charge in [-0.15, -0.1) is 0 Å². The molecule has 3 amide bonds. The number of piperidine rings is 2. The number of nitrogens with zero attached hydrogens (tertiary/aromatic N) is 3. The van der Waals surface area contributed by atoms with Crippen LogP contribution in [-0.2, 0) is 20.0 Å². The fraction of sp³-hybridized carbons (Fsp3) is 0.571. The number of hydrogen-bond donors (Lipinski definition) is 2. The van der Waals surface area contributed by atoms with Crippen LogP contribution in [0.5, 0.6) is 0 Å². The summed E-state index contributed by atoms with van der Waals surface area (Å²) in [5.41, 5.74) is 1.54. The summed E-state index contributed by atoms with van der Waals surface area (Å²) in [7, 11) is 0. The molecule has 0 aliphatic carbocycles. The van der Waals surface area contributed by atoms with Crippen molar-refractivity contribution in [3.05, 3.63) is 29.8 Å². The van der Waals surface area contributed by atoms with Crippen molar-refractivity contribution in [2.75, 3.05) is 37.8 Å². The Morgan fingerprint density at radius 2 is 1.90 bits per heavy atom. The second kappa shape index (κ2) is 7.24. The molecular weight excluding hydrogens is 388 g/mol. The van der Waals surface area contributed by atoms with Gasteiger partial charge in [-0.25, -0.2) is 9.86 Å². The van der Waals surface area contributed by atoms with Crippen LogP contribution >= 0.6 is 0 Å². The zero-order valence-corrected chi connectivity index (χ0v) is 16.7. The van der Waals surface area contributed by atoms with Crippen molar-refractivity contribution in [1.29, 1.82) is 0 Å². The summed E-state index contributed by atoms with van der Waals surface area (Å²) in [5, 5.41) is 13.2. The molecule has 30 heavy (non-hydrogen) atoms. The number of likely N-dealkylation sites (tertiary alicyclic amines) is 2. The van der Waals surface area contributed by atoms with Crippen molar-refractivity contribution in [2.24, 2.45) is 5.92 Å². The average Bonchev–Trinajstić information content (AvgIpc) is 3.04. The number of imide groups is 1. The van der Waals surface area contributed by atoms with Gasteiger partial charge in [-0.05, 0) is 31.2 Å². The zero-order valence-electron chi connectivity index (χ0n) is 16.7. The van der Waals surface area contributed by atoms with Crippen LogP contribution in [0.3, 0.4) is 0 Å². The number of carbonyl (C=O) groups is 3. The number of para-hydroxylation sites is 1. The molecule has 2 N–H and O–H groups in total. The van der Waals surface area contributed by atoms with Gasteiger partial charge in [-0.2, -0.15) is 0 Å². The molecule has 4 heterocycles. The molecule has 1 aromatic rings. The van der Waals surface area contributed by atoms with E-state index in [2.05, 4.69) is 16.3 Å². The van der Waals surface area contributed by atoms with Crippen LogP contribution in [0, 0.1) is 5.92 Å². The van der Waals surface area contributed by atoms with Crippen LogP contribution in [0.1, 0.15) is 31.2 Å². The lowest BCUT2D eigenvalue weighted by Crippen LogP contribution is -2.62.